The van der Waals surface area contributed by atoms with Gasteiger partial charge in [-0.05, 0) is 0 Å². The lowest BCUT2D eigenvalue weighted by Crippen LogP contribution is -2.25. The first-order valence-corrected chi connectivity index (χ1v) is 3.00. The third-order valence-corrected chi connectivity index (χ3v) is 0.982. The first-order chi connectivity index (χ1) is 5.04. The number of aliphatic hydroxyl groups is 1. The van der Waals surface area contributed by atoms with Gasteiger partial charge in [0, 0.05) is 13.0 Å². The largest absolute Gasteiger partial charge is 0.479 e. The number of hydrogen-bond donors (Lipinski definition) is 4. The predicted octanol–water partition coefficient (Wildman–Crippen LogP) is -1.90. The van der Waals surface area contributed by atoms with Gasteiger partial charge in [-0.15, -0.1) is 0 Å². The highest BCUT2D eigenvalue weighted by Gasteiger charge is 2.11. The van der Waals surface area contributed by atoms with Crippen molar-refractivity contribution in [3.63, 3.8) is 0 Å². The van der Waals surface area contributed by atoms with E-state index in [1.807, 2.05) is 0 Å². The van der Waals surface area contributed by atoms with Crippen LogP contribution in [0.4, 0.5) is 0 Å². The van der Waals surface area contributed by atoms with Crippen molar-refractivity contribution in [2.75, 3.05) is 6.54 Å². The molecule has 6 nitrogen and oxygen atoms in total. The lowest BCUT2D eigenvalue weighted by atomic mass is 10.2. The lowest BCUT2D eigenvalue weighted by molar-refractivity contribution is -0.146. The van der Waals surface area contributed by atoms with Crippen molar-refractivity contribution in [3.05, 3.63) is 0 Å². The van der Waals surface area contributed by atoms with Gasteiger partial charge in [0.2, 0.25) is 0 Å². The van der Waals surface area contributed by atoms with Gasteiger partial charge in [-0.25, -0.2) is 4.79 Å². The van der Waals surface area contributed by atoms with E-state index in [1.54, 1.807) is 0 Å². The highest BCUT2D eigenvalue weighted by molar-refractivity contribution is 5.75. The highest BCUT2D eigenvalue weighted by Crippen LogP contribution is 1.90. The molecule has 0 heterocycles. The van der Waals surface area contributed by atoms with E-state index in [0.717, 1.165) is 0 Å². The van der Waals surface area contributed by atoms with Crippen LogP contribution in [0.5, 0.6) is 0 Å². The Bertz CT molecular complexity index is 164. The summed E-state index contributed by atoms with van der Waals surface area (Å²) in [5, 5.41) is 16.9. The van der Waals surface area contributed by atoms with Crippen LogP contribution in [-0.4, -0.2) is 34.8 Å². The Kier molecular flexibility index (Phi) is 3.97. The summed E-state index contributed by atoms with van der Waals surface area (Å²) >= 11 is 0. The van der Waals surface area contributed by atoms with Gasteiger partial charge in [-0.3, -0.25) is 4.99 Å². The maximum atomic E-state index is 10.0. The van der Waals surface area contributed by atoms with E-state index >= 15 is 0 Å². The minimum Gasteiger partial charge on any atom is -0.479 e. The fourth-order valence-electron chi connectivity index (χ4n) is 0.439. The van der Waals surface area contributed by atoms with Crippen LogP contribution in [-0.2, 0) is 4.79 Å². The number of carboxylic acids is 1. The summed E-state index contributed by atoms with van der Waals surface area (Å²) in [6.45, 7) is 0.121. The smallest absolute Gasteiger partial charge is 0.332 e. The Morgan fingerprint density at radius 3 is 2.45 bits per heavy atom. The van der Waals surface area contributed by atoms with Crippen LogP contribution >= 0.6 is 0 Å². The van der Waals surface area contributed by atoms with Crippen LogP contribution < -0.4 is 11.5 Å². The molecule has 0 rings (SSSR count). The van der Waals surface area contributed by atoms with Gasteiger partial charge < -0.3 is 21.7 Å². The van der Waals surface area contributed by atoms with E-state index < -0.39 is 12.1 Å². The summed E-state index contributed by atoms with van der Waals surface area (Å²) in [5.41, 5.74) is 9.91. The van der Waals surface area contributed by atoms with Crippen LogP contribution in [0.3, 0.4) is 0 Å². The van der Waals surface area contributed by atoms with Crippen LogP contribution in [0.15, 0.2) is 4.99 Å². The Labute approximate surface area is 63.5 Å². The fourth-order valence-corrected chi connectivity index (χ4v) is 0.439. The molecule has 0 amide bonds. The Morgan fingerprint density at radius 1 is 1.55 bits per heavy atom. The molecule has 0 fully saturated rings. The molecule has 0 radical (unpaired) electrons. The second-order valence-electron chi connectivity index (χ2n) is 1.95. The molecule has 0 aromatic carbocycles. The maximum Gasteiger partial charge on any atom is 0.332 e. The molecule has 0 aromatic heterocycles. The molecule has 6 N–H and O–H groups in total. The topological polar surface area (TPSA) is 122 Å². The van der Waals surface area contributed by atoms with Crippen LogP contribution in [0.1, 0.15) is 6.42 Å². The zero-order chi connectivity index (χ0) is 8.85. The fraction of sp³-hybridized carbons (Fsp3) is 0.600. The van der Waals surface area contributed by atoms with Crippen molar-refractivity contribution < 1.29 is 15.0 Å². The predicted molar refractivity (Wildman–Crippen MR) is 38.9 cm³/mol. The zero-order valence-corrected chi connectivity index (χ0v) is 5.90. The van der Waals surface area contributed by atoms with E-state index in [9.17, 15) is 4.79 Å². The molecule has 0 aliphatic rings. The molecular formula is C5H11N3O3. The molecule has 64 valence electrons. The van der Waals surface area contributed by atoms with Crippen LogP contribution in [0.2, 0.25) is 0 Å². The zero-order valence-electron chi connectivity index (χ0n) is 5.90. The van der Waals surface area contributed by atoms with Gasteiger partial charge in [0.1, 0.15) is 0 Å². The molecule has 0 aliphatic carbocycles. The number of nitrogens with two attached hydrogens (primary N) is 2. The summed E-state index contributed by atoms with van der Waals surface area (Å²) in [6.07, 6.45) is -1.37. The second-order valence-corrected chi connectivity index (χ2v) is 1.95. The van der Waals surface area contributed by atoms with E-state index in [2.05, 4.69) is 4.99 Å². The lowest BCUT2D eigenvalue weighted by Gasteiger charge is -2.01. The van der Waals surface area contributed by atoms with E-state index in [4.69, 9.17) is 21.7 Å². The summed E-state index contributed by atoms with van der Waals surface area (Å²) in [4.78, 5) is 13.5. The number of aliphatic hydroxyl groups excluding tert-OH is 1. The SMILES string of the molecule is NC(N)=NCC[C@H](O)C(=O)O. The molecule has 0 aliphatic heterocycles. The number of carbonyl (C=O) groups is 1. The van der Waals surface area contributed by atoms with Crippen LogP contribution in [0.25, 0.3) is 0 Å². The molecule has 0 aromatic rings. The minimum atomic E-state index is -1.39. The van der Waals surface area contributed by atoms with Crippen LogP contribution in [0, 0.1) is 0 Å². The summed E-state index contributed by atoms with van der Waals surface area (Å²) < 4.78 is 0. The first-order valence-electron chi connectivity index (χ1n) is 3.00. The molecule has 11 heavy (non-hydrogen) atoms. The molecule has 0 spiro atoms. The third kappa shape index (κ3) is 5.16. The highest BCUT2D eigenvalue weighted by atomic mass is 16.4. The molecule has 0 bridgehead atoms. The Balaban J connectivity index is 3.55. The van der Waals surface area contributed by atoms with E-state index in [1.165, 1.54) is 0 Å². The molecule has 6 heteroatoms. The number of carboxylic acid groups (broad SMARTS) is 1. The Hall–Kier alpha value is -1.30. The van der Waals surface area contributed by atoms with Crippen molar-refractivity contribution >= 4 is 11.9 Å². The number of aliphatic carboxylic acids is 1. The molecule has 1 atom stereocenters. The van der Waals surface area contributed by atoms with E-state index in [-0.39, 0.29) is 18.9 Å². The van der Waals surface area contributed by atoms with Gasteiger partial charge in [-0.1, -0.05) is 0 Å². The number of rotatable bonds is 4. The average molecular weight is 161 g/mol. The summed E-state index contributed by atoms with van der Waals surface area (Å²) in [6, 6.07) is 0. The minimum absolute atomic E-state index is 0.0211. The molecule has 0 saturated carbocycles. The van der Waals surface area contributed by atoms with Gasteiger partial charge in [0.05, 0.1) is 0 Å². The first kappa shape index (κ1) is 9.70. The summed E-state index contributed by atoms with van der Waals surface area (Å²) in [5.74, 6) is -1.38. The Morgan fingerprint density at radius 2 is 2.09 bits per heavy atom. The van der Waals surface area contributed by atoms with E-state index in [0.29, 0.717) is 0 Å². The van der Waals surface area contributed by atoms with Crippen molar-refractivity contribution in [2.45, 2.75) is 12.5 Å². The second kappa shape index (κ2) is 4.51. The van der Waals surface area contributed by atoms with Crippen molar-refractivity contribution in [2.24, 2.45) is 16.5 Å². The van der Waals surface area contributed by atoms with Crippen molar-refractivity contribution in [3.8, 4) is 0 Å². The molecule has 0 saturated heterocycles. The number of nitrogens with zero attached hydrogens (tertiary/aromatic N) is 1. The third-order valence-electron chi connectivity index (χ3n) is 0.982. The van der Waals surface area contributed by atoms with Gasteiger partial charge in [0.25, 0.3) is 0 Å². The molecular weight excluding hydrogens is 150 g/mol. The quantitative estimate of drug-likeness (QED) is 0.283. The number of hydrogen-bond acceptors (Lipinski definition) is 3. The molecule has 0 unspecified atom stereocenters. The van der Waals surface area contributed by atoms with Gasteiger partial charge in [0.15, 0.2) is 12.1 Å². The average Bonchev–Trinajstić information content (AvgIpc) is 1.86. The normalized spacial score (nSPS) is 12.1. The maximum absolute atomic E-state index is 10.0. The van der Waals surface area contributed by atoms with Gasteiger partial charge >= 0.3 is 5.97 Å². The number of guanidine groups is 1. The van der Waals surface area contributed by atoms with Crippen molar-refractivity contribution in [1.29, 1.82) is 0 Å². The monoisotopic (exact) mass is 161 g/mol. The standard InChI is InChI=1S/C5H11N3O3/c6-5(7)8-2-1-3(9)4(10)11/h3,9H,1-2H2,(H,10,11)(H4,6,7,8)/t3-/m0/s1. The van der Waals surface area contributed by atoms with Gasteiger partial charge in [-0.2, -0.15) is 0 Å². The number of aliphatic imine (C=N–C) groups is 1. The summed E-state index contributed by atoms with van der Waals surface area (Å²) in [7, 11) is 0. The van der Waals surface area contributed by atoms with Crippen molar-refractivity contribution in [1.82, 2.24) is 0 Å².